The highest BCUT2D eigenvalue weighted by Gasteiger charge is 1.90. The summed E-state index contributed by atoms with van der Waals surface area (Å²) in [7, 11) is 0. The van der Waals surface area contributed by atoms with Crippen LogP contribution in [-0.2, 0) is 4.79 Å². The average Bonchev–Trinajstić information content (AvgIpc) is 2.17. The maximum absolute atomic E-state index is 9.97. The fraction of sp³-hybridized carbons (Fsp3) is 0.364. The predicted octanol–water partition coefficient (Wildman–Crippen LogP) is 4.28. The van der Waals surface area contributed by atoms with E-state index in [1.807, 2.05) is 37.3 Å². The number of rotatable bonds is 3. The number of benzene rings is 1. The monoisotopic (exact) mass is 232 g/mol. The van der Waals surface area contributed by atoms with Crippen molar-refractivity contribution in [1.29, 1.82) is 0 Å². The molecule has 1 rings (SSSR count). The molecule has 0 saturated carbocycles. The number of unbranched alkanes of at least 4 members (excludes halogenated alkanes) is 1. The zero-order chi connectivity index (χ0) is 10.8. The van der Waals surface area contributed by atoms with Gasteiger partial charge in [-0.25, -0.2) is 0 Å². The third-order valence-electron chi connectivity index (χ3n) is 1.46. The molecule has 0 aromatic heterocycles. The molecule has 3 heteroatoms. The fourth-order valence-electron chi connectivity index (χ4n) is 0.730. The van der Waals surface area contributed by atoms with Crippen molar-refractivity contribution in [2.24, 2.45) is 0 Å². The molecule has 0 fully saturated rings. The van der Waals surface area contributed by atoms with Crippen molar-refractivity contribution in [3.8, 4) is 0 Å². The first kappa shape index (κ1) is 13.5. The molecule has 0 radical (unpaired) electrons. The van der Waals surface area contributed by atoms with Crippen LogP contribution in [0.5, 0.6) is 0 Å². The Hall–Kier alpha value is -0.530. The maximum Gasteiger partial charge on any atom is 0.221 e. The van der Waals surface area contributed by atoms with E-state index in [0.29, 0.717) is 6.42 Å². The molecule has 0 aliphatic carbocycles. The molecule has 0 N–H and O–H groups in total. The van der Waals surface area contributed by atoms with E-state index >= 15 is 0 Å². The molecular weight excluding hydrogens is 219 g/mol. The highest BCUT2D eigenvalue weighted by molar-refractivity contribution is 6.63. The summed E-state index contributed by atoms with van der Waals surface area (Å²) in [6, 6.07) is 9.44. The summed E-state index contributed by atoms with van der Waals surface area (Å²) < 4.78 is 0. The highest BCUT2D eigenvalue weighted by Crippen LogP contribution is 2.03. The van der Waals surface area contributed by atoms with Crippen molar-refractivity contribution in [1.82, 2.24) is 0 Å². The quantitative estimate of drug-likeness (QED) is 0.712. The first-order valence-electron chi connectivity index (χ1n) is 4.55. The zero-order valence-electron chi connectivity index (χ0n) is 8.17. The van der Waals surface area contributed by atoms with Crippen molar-refractivity contribution in [3.05, 3.63) is 35.4 Å². The second kappa shape index (κ2) is 9.04. The van der Waals surface area contributed by atoms with Crippen molar-refractivity contribution in [3.63, 3.8) is 0 Å². The van der Waals surface area contributed by atoms with Crippen molar-refractivity contribution >= 4 is 28.4 Å². The van der Waals surface area contributed by atoms with Gasteiger partial charge in [0.2, 0.25) is 5.24 Å². The van der Waals surface area contributed by atoms with Crippen LogP contribution in [0.2, 0.25) is 5.02 Å². The van der Waals surface area contributed by atoms with Gasteiger partial charge < -0.3 is 0 Å². The molecule has 0 heterocycles. The summed E-state index contributed by atoms with van der Waals surface area (Å²) in [5, 5.41) is 0.573. The van der Waals surface area contributed by atoms with Crippen LogP contribution in [0, 0.1) is 0 Å². The third kappa shape index (κ3) is 9.56. The van der Waals surface area contributed by atoms with Gasteiger partial charge in [0.15, 0.2) is 0 Å². The van der Waals surface area contributed by atoms with Gasteiger partial charge in [-0.05, 0) is 30.2 Å². The smallest absolute Gasteiger partial charge is 0.221 e. The van der Waals surface area contributed by atoms with Crippen LogP contribution in [-0.4, -0.2) is 5.24 Å². The van der Waals surface area contributed by atoms with Crippen molar-refractivity contribution in [2.75, 3.05) is 0 Å². The lowest BCUT2D eigenvalue weighted by Gasteiger charge is -1.84. The molecule has 0 aliphatic rings. The molecule has 14 heavy (non-hydrogen) atoms. The summed E-state index contributed by atoms with van der Waals surface area (Å²) in [5.41, 5.74) is 0. The normalized spacial score (nSPS) is 8.79. The van der Waals surface area contributed by atoms with E-state index in [1.54, 1.807) is 0 Å². The molecule has 0 atom stereocenters. The van der Waals surface area contributed by atoms with Crippen molar-refractivity contribution < 1.29 is 4.79 Å². The summed E-state index contributed by atoms with van der Waals surface area (Å²) in [6.07, 6.45) is 2.48. The van der Waals surface area contributed by atoms with Gasteiger partial charge in [0.05, 0.1) is 0 Å². The van der Waals surface area contributed by atoms with Gasteiger partial charge in [0.1, 0.15) is 0 Å². The molecule has 78 valence electrons. The lowest BCUT2D eigenvalue weighted by molar-refractivity contribution is -0.111. The maximum atomic E-state index is 9.97. The van der Waals surface area contributed by atoms with Crippen LogP contribution in [0.1, 0.15) is 26.2 Å². The molecule has 1 aromatic rings. The summed E-state index contributed by atoms with van der Waals surface area (Å²) in [4.78, 5) is 9.97. The van der Waals surface area contributed by atoms with Crippen molar-refractivity contribution in [2.45, 2.75) is 26.2 Å². The Morgan fingerprint density at radius 1 is 1.29 bits per heavy atom. The van der Waals surface area contributed by atoms with Crippen LogP contribution >= 0.6 is 23.2 Å². The van der Waals surface area contributed by atoms with Gasteiger partial charge in [0.25, 0.3) is 0 Å². The minimum absolute atomic E-state index is 0.221. The van der Waals surface area contributed by atoms with Gasteiger partial charge in [0, 0.05) is 11.4 Å². The Kier molecular flexibility index (Phi) is 8.70. The molecule has 1 aromatic carbocycles. The van der Waals surface area contributed by atoms with Gasteiger partial charge in [-0.2, -0.15) is 0 Å². The Bertz CT molecular complexity index is 247. The zero-order valence-corrected chi connectivity index (χ0v) is 9.68. The highest BCUT2D eigenvalue weighted by atomic mass is 35.5. The van der Waals surface area contributed by atoms with E-state index in [1.165, 1.54) is 0 Å². The van der Waals surface area contributed by atoms with E-state index < -0.39 is 0 Å². The Labute approximate surface area is 95.0 Å². The van der Waals surface area contributed by atoms with Gasteiger partial charge in [-0.15, -0.1) is 0 Å². The molecule has 0 bridgehead atoms. The van der Waals surface area contributed by atoms with E-state index in [2.05, 4.69) is 0 Å². The summed E-state index contributed by atoms with van der Waals surface area (Å²) >= 11 is 10.6. The standard InChI is InChI=1S/C6H5Cl.C5H9ClO/c7-6-4-2-1-3-5-6;1-2-3-4-5(6)7/h1-5H;2-4H2,1H3. The van der Waals surface area contributed by atoms with Gasteiger partial charge >= 0.3 is 0 Å². The average molecular weight is 233 g/mol. The largest absolute Gasteiger partial charge is 0.281 e. The van der Waals surface area contributed by atoms with E-state index in [9.17, 15) is 4.79 Å². The fourth-order valence-corrected chi connectivity index (χ4v) is 1.01. The second-order valence-corrected chi connectivity index (χ2v) is 3.61. The topological polar surface area (TPSA) is 17.1 Å². The minimum Gasteiger partial charge on any atom is -0.281 e. The predicted molar refractivity (Wildman–Crippen MR) is 61.8 cm³/mol. The summed E-state index contributed by atoms with van der Waals surface area (Å²) in [5.74, 6) is 0. The van der Waals surface area contributed by atoms with Gasteiger partial charge in [-0.3, -0.25) is 4.79 Å². The number of hydrogen-bond donors (Lipinski definition) is 0. The summed E-state index contributed by atoms with van der Waals surface area (Å²) in [6.45, 7) is 2.03. The molecule has 0 unspecified atom stereocenters. The SMILES string of the molecule is CCCCC(=O)Cl.Clc1ccccc1. The lowest BCUT2D eigenvalue weighted by Crippen LogP contribution is -1.82. The molecule has 0 amide bonds. The minimum atomic E-state index is -0.221. The Morgan fingerprint density at radius 3 is 2.07 bits per heavy atom. The van der Waals surface area contributed by atoms with Crippen LogP contribution in [0.3, 0.4) is 0 Å². The lowest BCUT2D eigenvalue weighted by atomic mass is 10.3. The van der Waals surface area contributed by atoms with Crippen LogP contribution < -0.4 is 0 Å². The Morgan fingerprint density at radius 2 is 1.86 bits per heavy atom. The van der Waals surface area contributed by atoms with E-state index in [-0.39, 0.29) is 5.24 Å². The first-order chi connectivity index (χ1) is 6.66. The number of carbonyl (C=O) groups is 1. The molecular formula is C11H14Cl2O. The molecule has 0 saturated heterocycles. The van der Waals surface area contributed by atoms with E-state index in [0.717, 1.165) is 17.9 Å². The van der Waals surface area contributed by atoms with Crippen LogP contribution in [0.15, 0.2) is 30.3 Å². The molecule has 0 aliphatic heterocycles. The second-order valence-electron chi connectivity index (χ2n) is 2.75. The number of halogens is 2. The van der Waals surface area contributed by atoms with Crippen LogP contribution in [0.4, 0.5) is 0 Å². The van der Waals surface area contributed by atoms with Gasteiger partial charge in [-0.1, -0.05) is 43.1 Å². The molecule has 0 spiro atoms. The molecule has 1 nitrogen and oxygen atoms in total. The van der Waals surface area contributed by atoms with E-state index in [4.69, 9.17) is 23.2 Å². The first-order valence-corrected chi connectivity index (χ1v) is 5.31. The van der Waals surface area contributed by atoms with Crippen LogP contribution in [0.25, 0.3) is 0 Å². The Balaban J connectivity index is 0.000000241. The number of hydrogen-bond acceptors (Lipinski definition) is 1. The third-order valence-corrected chi connectivity index (χ3v) is 1.90. The number of carbonyl (C=O) groups excluding carboxylic acids is 1.